The van der Waals surface area contributed by atoms with Crippen LogP contribution in [0.2, 0.25) is 0 Å². The number of carbonyl (C=O) groups excluding carboxylic acids is 1. The molecule has 1 amide bonds. The molecule has 2 aliphatic heterocycles. The van der Waals surface area contributed by atoms with Crippen molar-refractivity contribution in [3.8, 4) is 0 Å². The standard InChI is InChI=1S/C18H27N3O2/c1-23-18(9-11-19-12-10-18)17(22)20-15-6-5-13-21(14-15)16-7-3-2-4-8-16/h2-4,7-8,15,19H,5-6,9-14H2,1H3,(H,20,22). The van der Waals surface area contributed by atoms with Crippen LogP contribution in [0.15, 0.2) is 30.3 Å². The Kier molecular flexibility index (Phi) is 5.18. The summed E-state index contributed by atoms with van der Waals surface area (Å²) >= 11 is 0. The first-order chi connectivity index (χ1) is 11.2. The highest BCUT2D eigenvalue weighted by Gasteiger charge is 2.40. The quantitative estimate of drug-likeness (QED) is 0.884. The van der Waals surface area contributed by atoms with Crippen molar-refractivity contribution >= 4 is 11.6 Å². The summed E-state index contributed by atoms with van der Waals surface area (Å²) < 4.78 is 5.63. The van der Waals surface area contributed by atoms with E-state index in [2.05, 4.69) is 39.8 Å². The van der Waals surface area contributed by atoms with Crippen LogP contribution in [0.25, 0.3) is 0 Å². The van der Waals surface area contributed by atoms with Crippen molar-refractivity contribution < 1.29 is 9.53 Å². The third-order valence-corrected chi connectivity index (χ3v) is 5.09. The zero-order chi connectivity index (χ0) is 16.1. The molecule has 0 saturated carbocycles. The first kappa shape index (κ1) is 16.3. The number of nitrogens with one attached hydrogen (secondary N) is 2. The second-order valence-corrected chi connectivity index (χ2v) is 6.54. The van der Waals surface area contributed by atoms with Gasteiger partial charge in [-0.25, -0.2) is 0 Å². The van der Waals surface area contributed by atoms with Crippen molar-refractivity contribution in [2.45, 2.75) is 37.3 Å². The number of hydrogen-bond donors (Lipinski definition) is 2. The van der Waals surface area contributed by atoms with Crippen LogP contribution in [-0.2, 0) is 9.53 Å². The van der Waals surface area contributed by atoms with Gasteiger partial charge in [0.1, 0.15) is 5.60 Å². The molecule has 1 aromatic carbocycles. The minimum atomic E-state index is -0.653. The molecule has 1 aromatic rings. The highest BCUT2D eigenvalue weighted by atomic mass is 16.5. The molecular formula is C18H27N3O2. The monoisotopic (exact) mass is 317 g/mol. The first-order valence-electron chi connectivity index (χ1n) is 8.60. The molecule has 0 aliphatic carbocycles. The van der Waals surface area contributed by atoms with Gasteiger partial charge in [0, 0.05) is 31.9 Å². The van der Waals surface area contributed by atoms with Gasteiger partial charge in [-0.3, -0.25) is 4.79 Å². The summed E-state index contributed by atoms with van der Waals surface area (Å²) in [6.07, 6.45) is 3.61. The molecule has 1 unspecified atom stereocenters. The first-order valence-corrected chi connectivity index (χ1v) is 8.60. The molecule has 0 radical (unpaired) electrons. The SMILES string of the molecule is COC1(C(=O)NC2CCCN(c3ccccc3)C2)CCNCC1. The van der Waals surface area contributed by atoms with E-state index in [1.54, 1.807) is 7.11 Å². The van der Waals surface area contributed by atoms with Crippen molar-refractivity contribution in [2.24, 2.45) is 0 Å². The molecule has 23 heavy (non-hydrogen) atoms. The van der Waals surface area contributed by atoms with Crippen molar-refractivity contribution in [1.29, 1.82) is 0 Å². The maximum atomic E-state index is 12.8. The third-order valence-electron chi connectivity index (χ3n) is 5.09. The molecule has 0 aromatic heterocycles. The van der Waals surface area contributed by atoms with E-state index in [4.69, 9.17) is 4.74 Å². The maximum absolute atomic E-state index is 12.8. The highest BCUT2D eigenvalue weighted by molar-refractivity contribution is 5.85. The van der Waals surface area contributed by atoms with Crippen LogP contribution in [0, 0.1) is 0 Å². The van der Waals surface area contributed by atoms with Crippen molar-refractivity contribution in [3.63, 3.8) is 0 Å². The zero-order valence-corrected chi connectivity index (χ0v) is 13.9. The molecule has 0 bridgehead atoms. The van der Waals surface area contributed by atoms with Gasteiger partial charge >= 0.3 is 0 Å². The number of benzene rings is 1. The van der Waals surface area contributed by atoms with Crippen molar-refractivity contribution in [1.82, 2.24) is 10.6 Å². The van der Waals surface area contributed by atoms with Crippen LogP contribution in [0.4, 0.5) is 5.69 Å². The number of hydrogen-bond acceptors (Lipinski definition) is 4. The van der Waals surface area contributed by atoms with Gasteiger partial charge in [0.25, 0.3) is 5.91 Å². The van der Waals surface area contributed by atoms with Gasteiger partial charge in [-0.1, -0.05) is 18.2 Å². The van der Waals surface area contributed by atoms with Crippen molar-refractivity contribution in [3.05, 3.63) is 30.3 Å². The van der Waals surface area contributed by atoms with E-state index in [9.17, 15) is 4.79 Å². The average molecular weight is 317 g/mol. The summed E-state index contributed by atoms with van der Waals surface area (Å²) in [7, 11) is 1.65. The number of amides is 1. The number of rotatable bonds is 4. The molecule has 126 valence electrons. The molecule has 5 heteroatoms. The van der Waals surface area contributed by atoms with Gasteiger partial charge in [0.05, 0.1) is 0 Å². The van der Waals surface area contributed by atoms with Crippen LogP contribution in [0.3, 0.4) is 0 Å². The lowest BCUT2D eigenvalue weighted by Crippen LogP contribution is -2.58. The second kappa shape index (κ2) is 7.32. The molecule has 0 spiro atoms. The third kappa shape index (κ3) is 3.67. The van der Waals surface area contributed by atoms with E-state index in [1.807, 2.05) is 6.07 Å². The van der Waals surface area contributed by atoms with Crippen LogP contribution < -0.4 is 15.5 Å². The Labute approximate surface area is 138 Å². The summed E-state index contributed by atoms with van der Waals surface area (Å²) in [5.41, 5.74) is 0.579. The number of anilines is 1. The number of methoxy groups -OCH3 is 1. The maximum Gasteiger partial charge on any atom is 0.252 e. The van der Waals surface area contributed by atoms with Gasteiger partial charge in [0.15, 0.2) is 0 Å². The van der Waals surface area contributed by atoms with E-state index in [1.165, 1.54) is 5.69 Å². The minimum absolute atomic E-state index is 0.0569. The van der Waals surface area contributed by atoms with Crippen LogP contribution in [0.1, 0.15) is 25.7 Å². The molecule has 2 fully saturated rings. The molecule has 5 nitrogen and oxygen atoms in total. The lowest BCUT2D eigenvalue weighted by molar-refractivity contribution is -0.147. The number of nitrogens with zero attached hydrogens (tertiary/aromatic N) is 1. The zero-order valence-electron chi connectivity index (χ0n) is 13.9. The smallest absolute Gasteiger partial charge is 0.252 e. The van der Waals surface area contributed by atoms with E-state index < -0.39 is 5.60 Å². The molecule has 2 aliphatic rings. The molecule has 2 N–H and O–H groups in total. The van der Waals surface area contributed by atoms with Gasteiger partial charge in [-0.15, -0.1) is 0 Å². The van der Waals surface area contributed by atoms with Crippen LogP contribution in [0.5, 0.6) is 0 Å². The Morgan fingerprint density at radius 1 is 1.30 bits per heavy atom. The van der Waals surface area contributed by atoms with Gasteiger partial charge in [0.2, 0.25) is 0 Å². The summed E-state index contributed by atoms with van der Waals surface area (Å²) in [6.45, 7) is 3.59. The van der Waals surface area contributed by atoms with Gasteiger partial charge in [-0.2, -0.15) is 0 Å². The number of piperidine rings is 2. The average Bonchev–Trinajstić information content (AvgIpc) is 2.63. The summed E-state index contributed by atoms with van der Waals surface area (Å²) in [6, 6.07) is 10.6. The fourth-order valence-corrected chi connectivity index (χ4v) is 3.64. The van der Waals surface area contributed by atoms with E-state index in [-0.39, 0.29) is 11.9 Å². The largest absolute Gasteiger partial charge is 0.369 e. The van der Waals surface area contributed by atoms with Crippen LogP contribution in [-0.4, -0.2) is 50.8 Å². The van der Waals surface area contributed by atoms with Gasteiger partial charge < -0.3 is 20.3 Å². The Balaban J connectivity index is 1.62. The molecule has 1 atom stereocenters. The Bertz CT molecular complexity index is 514. The lowest BCUT2D eigenvalue weighted by atomic mass is 9.90. The fourth-order valence-electron chi connectivity index (χ4n) is 3.64. The Morgan fingerprint density at radius 2 is 2.04 bits per heavy atom. The van der Waals surface area contributed by atoms with Crippen LogP contribution >= 0.6 is 0 Å². The Hall–Kier alpha value is -1.59. The predicted molar refractivity (Wildman–Crippen MR) is 91.7 cm³/mol. The second-order valence-electron chi connectivity index (χ2n) is 6.54. The van der Waals surface area contributed by atoms with E-state index in [0.29, 0.717) is 0 Å². The summed E-state index contributed by atoms with van der Waals surface area (Å²) in [4.78, 5) is 15.1. The van der Waals surface area contributed by atoms with E-state index >= 15 is 0 Å². The summed E-state index contributed by atoms with van der Waals surface area (Å²) in [5.74, 6) is 0.0569. The topological polar surface area (TPSA) is 53.6 Å². The van der Waals surface area contributed by atoms with Gasteiger partial charge in [-0.05, 0) is 50.9 Å². The molecule has 3 rings (SSSR count). The highest BCUT2D eigenvalue weighted by Crippen LogP contribution is 2.24. The van der Waals surface area contributed by atoms with E-state index in [0.717, 1.165) is 51.9 Å². The molecule has 2 heterocycles. The Morgan fingerprint density at radius 3 is 2.74 bits per heavy atom. The molecule has 2 saturated heterocycles. The normalized spacial score (nSPS) is 24.2. The minimum Gasteiger partial charge on any atom is -0.369 e. The fraction of sp³-hybridized carbons (Fsp3) is 0.611. The lowest BCUT2D eigenvalue weighted by Gasteiger charge is -2.39. The van der Waals surface area contributed by atoms with Crippen molar-refractivity contribution in [2.75, 3.05) is 38.2 Å². The number of carbonyl (C=O) groups is 1. The predicted octanol–water partition coefficient (Wildman–Crippen LogP) is 1.54. The molecular weight excluding hydrogens is 290 g/mol. The number of ether oxygens (including phenoxy) is 1. The summed E-state index contributed by atoms with van der Waals surface area (Å²) in [5, 5.41) is 6.54. The number of para-hydroxylation sites is 1.